The van der Waals surface area contributed by atoms with Crippen molar-refractivity contribution >= 4 is 50.2 Å². The number of ether oxygens (including phenoxy) is 2. The molecule has 0 saturated carbocycles. The summed E-state index contributed by atoms with van der Waals surface area (Å²) in [6.45, 7) is 21.5. The fourth-order valence-electron chi connectivity index (χ4n) is 6.69. The molecule has 2 N–H and O–H groups in total. The number of rotatable bonds is 10. The molecule has 1 aromatic carbocycles. The lowest BCUT2D eigenvalue weighted by Gasteiger charge is -2.40. The van der Waals surface area contributed by atoms with Crippen LogP contribution >= 0.6 is 0 Å². The summed E-state index contributed by atoms with van der Waals surface area (Å²) < 4.78 is 38.4. The maximum atomic E-state index is 13.9. The molecule has 5 heterocycles. The van der Waals surface area contributed by atoms with Gasteiger partial charge in [0.15, 0.2) is 15.7 Å². The number of hydrogen-bond acceptors (Lipinski definition) is 14. The second kappa shape index (κ2) is 16.4. The fourth-order valence-corrected chi connectivity index (χ4v) is 8.01. The predicted octanol–water partition coefficient (Wildman–Crippen LogP) is 4.75. The number of hydrogen-bond donors (Lipinski definition) is 2. The van der Waals surface area contributed by atoms with Gasteiger partial charge < -0.3 is 29.5 Å². The van der Waals surface area contributed by atoms with E-state index in [4.69, 9.17) is 9.47 Å². The van der Waals surface area contributed by atoms with E-state index in [9.17, 15) is 18.0 Å². The van der Waals surface area contributed by atoms with Crippen LogP contribution in [0.3, 0.4) is 0 Å². The molecule has 4 aromatic rings. The Bertz CT molecular complexity index is 2190. The first-order valence-electron chi connectivity index (χ1n) is 19.4. The molecule has 18 heteroatoms. The van der Waals surface area contributed by atoms with Gasteiger partial charge in [0.05, 0.1) is 29.3 Å². The summed E-state index contributed by atoms with van der Waals surface area (Å²) in [4.78, 5) is 51.7. The lowest BCUT2D eigenvalue weighted by molar-refractivity contribution is 0.0158. The van der Waals surface area contributed by atoms with E-state index in [1.54, 1.807) is 48.9 Å². The molecule has 2 saturated heterocycles. The van der Waals surface area contributed by atoms with Gasteiger partial charge in [0.2, 0.25) is 0 Å². The lowest BCUT2D eigenvalue weighted by Crippen LogP contribution is -2.55. The number of fused-ring (bicyclic) bond motifs is 1. The first-order chi connectivity index (χ1) is 26.8. The fraction of sp³-hybridized carbons (Fsp3) is 0.564. The van der Waals surface area contributed by atoms with E-state index in [1.807, 2.05) is 41.5 Å². The minimum atomic E-state index is -3.81. The summed E-state index contributed by atoms with van der Waals surface area (Å²) in [5.41, 5.74) is 2.10. The van der Waals surface area contributed by atoms with Gasteiger partial charge >= 0.3 is 6.09 Å². The Labute approximate surface area is 334 Å². The van der Waals surface area contributed by atoms with Crippen LogP contribution in [0.4, 0.5) is 22.2 Å². The molecular weight excluding hydrogens is 751 g/mol. The monoisotopic (exact) mass is 805 g/mol. The molecule has 0 bridgehead atoms. The van der Waals surface area contributed by atoms with E-state index in [-0.39, 0.29) is 41.0 Å². The molecule has 2 amide bonds. The zero-order chi connectivity index (χ0) is 41.3. The number of nitrogens with zero attached hydrogens (tertiary/aromatic N) is 9. The second-order valence-corrected chi connectivity index (χ2v) is 19.3. The molecule has 0 spiro atoms. The van der Waals surface area contributed by atoms with Gasteiger partial charge in [0.25, 0.3) is 5.91 Å². The Morgan fingerprint density at radius 1 is 0.930 bits per heavy atom. The molecule has 2 aliphatic heterocycles. The third kappa shape index (κ3) is 9.38. The minimum absolute atomic E-state index is 0.0747. The van der Waals surface area contributed by atoms with E-state index in [0.717, 1.165) is 11.3 Å². The molecule has 308 valence electrons. The van der Waals surface area contributed by atoms with Gasteiger partial charge in [-0.05, 0) is 74.8 Å². The average molecular weight is 806 g/mol. The van der Waals surface area contributed by atoms with Gasteiger partial charge in [-0.15, -0.1) is 0 Å². The van der Waals surface area contributed by atoms with Crippen LogP contribution in [-0.2, 0) is 14.6 Å². The van der Waals surface area contributed by atoms with Gasteiger partial charge in [-0.1, -0.05) is 0 Å². The molecule has 1 unspecified atom stereocenters. The summed E-state index contributed by atoms with van der Waals surface area (Å²) in [6.07, 6.45) is 4.89. The van der Waals surface area contributed by atoms with E-state index in [2.05, 4.69) is 45.2 Å². The Morgan fingerprint density at radius 2 is 1.67 bits per heavy atom. The van der Waals surface area contributed by atoms with Crippen molar-refractivity contribution in [3.05, 3.63) is 47.8 Å². The van der Waals surface area contributed by atoms with Crippen molar-refractivity contribution in [2.75, 3.05) is 69.2 Å². The van der Waals surface area contributed by atoms with Crippen molar-refractivity contribution < 1.29 is 27.5 Å². The maximum absolute atomic E-state index is 13.9. The quantitative estimate of drug-likeness (QED) is 0.209. The van der Waals surface area contributed by atoms with Crippen LogP contribution in [0.2, 0.25) is 0 Å². The third-order valence-corrected chi connectivity index (χ3v) is 12.8. The van der Waals surface area contributed by atoms with E-state index < -0.39 is 20.2 Å². The van der Waals surface area contributed by atoms with Crippen molar-refractivity contribution in [1.29, 1.82) is 0 Å². The van der Waals surface area contributed by atoms with Gasteiger partial charge in [-0.3, -0.25) is 14.8 Å². The second-order valence-electron chi connectivity index (χ2n) is 16.7. The summed E-state index contributed by atoms with van der Waals surface area (Å²) >= 11 is 0. The molecule has 1 atom stereocenters. The van der Waals surface area contributed by atoms with E-state index in [0.29, 0.717) is 87.1 Å². The van der Waals surface area contributed by atoms with Gasteiger partial charge in [0, 0.05) is 81.1 Å². The minimum Gasteiger partial charge on any atom is -0.492 e. The number of carbonyl (C=O) groups excluding carboxylic acids is 2. The molecule has 57 heavy (non-hydrogen) atoms. The summed E-state index contributed by atoms with van der Waals surface area (Å²) in [5, 5.41) is 11.0. The van der Waals surface area contributed by atoms with Gasteiger partial charge in [-0.2, -0.15) is 5.10 Å². The Balaban J connectivity index is 1.02. The van der Waals surface area contributed by atoms with Crippen molar-refractivity contribution in [3.8, 4) is 5.75 Å². The largest absolute Gasteiger partial charge is 0.492 e. The number of anilines is 3. The van der Waals surface area contributed by atoms with Crippen molar-refractivity contribution in [1.82, 2.24) is 44.8 Å². The highest BCUT2D eigenvalue weighted by Crippen LogP contribution is 2.37. The number of H-pyrrole nitrogens is 1. The maximum Gasteiger partial charge on any atom is 0.410 e. The molecule has 2 aliphatic rings. The topological polar surface area (TPSA) is 192 Å². The number of sulfone groups is 1. The highest BCUT2D eigenvalue weighted by atomic mass is 32.2. The molecule has 17 nitrogen and oxygen atoms in total. The zero-order valence-corrected chi connectivity index (χ0v) is 35.2. The van der Waals surface area contributed by atoms with Crippen LogP contribution in [0.15, 0.2) is 35.7 Å². The molecular formula is C39H55N11O6S. The molecule has 2 fully saturated rings. The normalized spacial score (nSPS) is 17.2. The number of piperazine rings is 2. The number of carbonyl (C=O) groups is 2. The standard InChI is InChI=1S/C39H55N11O6S/c1-25-23-49(16-17-50(25)37(52)56-38(4,5)6)33-22-40-30(21-41-33)36(51)48-14-12-47(13-15-48)11-10-18-55-31-20-29-28(19-32(31)57(53,54)39(7,8)9)35(43-24-42-29)44-34-26(2)27(3)45-46-34/h19-22,24-25H,10-18,23H2,1-9H3,(H2,42,43,44,45,46). The highest BCUT2D eigenvalue weighted by Gasteiger charge is 2.35. The lowest BCUT2D eigenvalue weighted by atomic mass is 10.2. The third-order valence-electron chi connectivity index (χ3n) is 10.3. The number of benzene rings is 1. The first-order valence-corrected chi connectivity index (χ1v) is 20.8. The summed E-state index contributed by atoms with van der Waals surface area (Å²) in [5.74, 6) is 1.77. The zero-order valence-electron chi connectivity index (χ0n) is 34.4. The molecule has 0 aliphatic carbocycles. The number of nitrogens with one attached hydrogen (secondary N) is 2. The van der Waals surface area contributed by atoms with Gasteiger partial charge in [0.1, 0.15) is 39.9 Å². The Hall–Kier alpha value is -5.10. The van der Waals surface area contributed by atoms with Gasteiger partial charge in [-0.25, -0.2) is 33.1 Å². The SMILES string of the molecule is Cc1[nH]nc(Nc2ncnc3cc(OCCCN4CCN(C(=O)c5cnc(N6CCN(C(=O)OC(C)(C)C)C(C)C6)cn5)CC4)c(S(=O)(=O)C(C)(C)C)cc23)c1C. The van der Waals surface area contributed by atoms with Crippen LogP contribution in [0.25, 0.3) is 10.9 Å². The number of aryl methyl sites for hydroxylation is 1. The Morgan fingerprint density at radius 3 is 2.28 bits per heavy atom. The Kier molecular flexibility index (Phi) is 12.0. The molecule has 3 aromatic heterocycles. The average Bonchev–Trinajstić information content (AvgIpc) is 3.47. The van der Waals surface area contributed by atoms with E-state index >= 15 is 0 Å². The van der Waals surface area contributed by atoms with Crippen LogP contribution in [-0.4, -0.2) is 141 Å². The van der Waals surface area contributed by atoms with Crippen molar-refractivity contribution in [2.24, 2.45) is 0 Å². The van der Waals surface area contributed by atoms with Crippen LogP contribution in [0.1, 0.15) is 76.6 Å². The summed E-state index contributed by atoms with van der Waals surface area (Å²) in [6, 6.07) is 3.18. The van der Waals surface area contributed by atoms with E-state index in [1.165, 1.54) is 12.5 Å². The highest BCUT2D eigenvalue weighted by molar-refractivity contribution is 7.92. The van der Waals surface area contributed by atoms with Crippen LogP contribution in [0.5, 0.6) is 5.75 Å². The van der Waals surface area contributed by atoms with Crippen LogP contribution in [0, 0.1) is 13.8 Å². The molecule has 0 radical (unpaired) electrons. The van der Waals surface area contributed by atoms with Crippen molar-refractivity contribution in [3.63, 3.8) is 0 Å². The number of amides is 2. The van der Waals surface area contributed by atoms with Crippen molar-refractivity contribution in [2.45, 2.75) is 90.0 Å². The van der Waals surface area contributed by atoms with Crippen LogP contribution < -0.4 is 15.0 Å². The summed E-state index contributed by atoms with van der Waals surface area (Å²) in [7, 11) is -3.81. The smallest absolute Gasteiger partial charge is 0.410 e. The number of aromatic nitrogens is 6. The first kappa shape index (κ1) is 41.5. The molecule has 6 rings (SSSR count). The number of aromatic amines is 1. The predicted molar refractivity (Wildman–Crippen MR) is 217 cm³/mol.